The van der Waals surface area contributed by atoms with E-state index >= 15 is 4.39 Å². The summed E-state index contributed by atoms with van der Waals surface area (Å²) in [7, 11) is 0. The Morgan fingerprint density at radius 1 is 1.24 bits per heavy atom. The van der Waals surface area contributed by atoms with Crippen LogP contribution >= 0.6 is 11.6 Å². The van der Waals surface area contributed by atoms with Gasteiger partial charge in [0, 0.05) is 18.2 Å². The van der Waals surface area contributed by atoms with Crippen molar-refractivity contribution in [2.45, 2.75) is 64.6 Å². The monoisotopic (exact) mass is 490 g/mol. The van der Waals surface area contributed by atoms with Crippen LogP contribution in [0.25, 0.3) is 0 Å². The summed E-state index contributed by atoms with van der Waals surface area (Å²) in [5.74, 6) is -0.908. The van der Waals surface area contributed by atoms with Crippen molar-refractivity contribution in [3.63, 3.8) is 0 Å². The molecule has 1 aromatic rings. The number of rotatable bonds is 8. The topological polar surface area (TPSA) is 117 Å². The van der Waals surface area contributed by atoms with Gasteiger partial charge in [-0.1, -0.05) is 27.7 Å². The van der Waals surface area contributed by atoms with Gasteiger partial charge in [0.1, 0.15) is 12.7 Å². The maximum Gasteiger partial charge on any atom is 0.330 e. The van der Waals surface area contributed by atoms with Crippen LogP contribution in [-0.2, 0) is 23.8 Å². The fraction of sp³-hybridized carbons (Fsp3) is 0.619. The maximum atomic E-state index is 16.2. The number of alkyl halides is 1. The summed E-state index contributed by atoms with van der Waals surface area (Å²) >= 11 is 5.44. The van der Waals surface area contributed by atoms with Gasteiger partial charge in [0.2, 0.25) is 5.82 Å². The molecule has 2 heterocycles. The summed E-state index contributed by atoms with van der Waals surface area (Å²) in [6.07, 6.45) is -4.73. The van der Waals surface area contributed by atoms with E-state index in [1.54, 1.807) is 32.7 Å². The molecule has 2 rings (SSSR count). The van der Waals surface area contributed by atoms with Gasteiger partial charge in [0.25, 0.3) is 11.2 Å². The van der Waals surface area contributed by atoms with E-state index in [0.29, 0.717) is 10.8 Å². The van der Waals surface area contributed by atoms with E-state index in [9.17, 15) is 23.6 Å². The van der Waals surface area contributed by atoms with Gasteiger partial charge in [-0.25, -0.2) is 9.18 Å². The highest BCUT2D eigenvalue weighted by Crippen LogP contribution is 2.43. The molecule has 0 spiro atoms. The average molecular weight is 491 g/mol. The van der Waals surface area contributed by atoms with Crippen LogP contribution in [0.1, 0.15) is 46.8 Å². The number of H-pyrrole nitrogens is 1. The Bertz CT molecular complexity index is 1060. The molecule has 4 atom stereocenters. The van der Waals surface area contributed by atoms with Crippen LogP contribution in [0, 0.1) is 29.0 Å². The van der Waals surface area contributed by atoms with Crippen LogP contribution in [0.3, 0.4) is 0 Å². The lowest BCUT2D eigenvalue weighted by atomic mass is 9.96. The van der Waals surface area contributed by atoms with Gasteiger partial charge < -0.3 is 14.2 Å². The zero-order chi connectivity index (χ0) is 24.9. The summed E-state index contributed by atoms with van der Waals surface area (Å²) in [6.45, 7) is 6.52. The molecule has 1 aromatic heterocycles. The standard InChI is InChI=1S/C21H25ClF2N2O7/c1-11(2)7-15(27)31-10-14-17(33-16(28)8-12(3)4)21(24,5-6-22)19(32-14)26-9-13(23)18(29)25-20(26)30/h9,11-12,14,17,19H,7-8,10H2,1-4H3,(H,25,29,30)/t14-,17-,19-,21-/m1/s1. The molecule has 1 fully saturated rings. The van der Waals surface area contributed by atoms with Crippen LogP contribution in [0.2, 0.25) is 0 Å². The predicted octanol–water partition coefficient (Wildman–Crippen LogP) is 2.03. The summed E-state index contributed by atoms with van der Waals surface area (Å²) in [5.41, 5.74) is -5.46. The first kappa shape index (κ1) is 26.5. The van der Waals surface area contributed by atoms with Crippen molar-refractivity contribution >= 4 is 23.5 Å². The fourth-order valence-electron chi connectivity index (χ4n) is 3.23. The van der Waals surface area contributed by atoms with Crippen LogP contribution in [0.5, 0.6) is 0 Å². The van der Waals surface area contributed by atoms with E-state index in [1.807, 2.05) is 11.3 Å². The number of nitrogens with zero attached hydrogens (tertiary/aromatic N) is 1. The van der Waals surface area contributed by atoms with Crippen molar-refractivity contribution < 1.29 is 32.6 Å². The minimum absolute atomic E-state index is 0.0144. The Balaban J connectivity index is 2.48. The Morgan fingerprint density at radius 3 is 2.42 bits per heavy atom. The van der Waals surface area contributed by atoms with Crippen LogP contribution in [0.4, 0.5) is 8.78 Å². The normalized spacial score (nSPS) is 24.5. The van der Waals surface area contributed by atoms with E-state index in [2.05, 4.69) is 0 Å². The van der Waals surface area contributed by atoms with Gasteiger partial charge in [-0.05, 0) is 29.4 Å². The second-order valence-electron chi connectivity index (χ2n) is 8.45. The molecular formula is C21H25ClF2N2O7. The van der Waals surface area contributed by atoms with Gasteiger partial charge in [0.05, 0.1) is 6.20 Å². The van der Waals surface area contributed by atoms with Crippen molar-refractivity contribution in [1.82, 2.24) is 9.55 Å². The van der Waals surface area contributed by atoms with Crippen LogP contribution < -0.4 is 11.2 Å². The molecule has 0 amide bonds. The minimum atomic E-state index is -2.95. The number of halogens is 3. The van der Waals surface area contributed by atoms with Crippen LogP contribution in [-0.4, -0.2) is 46.0 Å². The molecule has 0 aliphatic carbocycles. The Hall–Kier alpha value is -2.71. The zero-order valence-electron chi connectivity index (χ0n) is 18.5. The molecular weight excluding hydrogens is 466 g/mol. The Morgan fingerprint density at radius 2 is 1.85 bits per heavy atom. The third kappa shape index (κ3) is 6.42. The SMILES string of the molecule is CC(C)CC(=O)OC[C@H]1O[C@@H](n2cc(F)c(=O)[nH]c2=O)[C@@](F)(C#CCl)[C@@H]1OC(=O)CC(C)C. The number of aromatic amines is 1. The molecule has 1 N–H and O–H groups in total. The molecule has 1 aliphatic rings. The number of ether oxygens (including phenoxy) is 3. The number of esters is 2. The molecule has 0 radical (unpaired) electrons. The zero-order valence-corrected chi connectivity index (χ0v) is 19.3. The van der Waals surface area contributed by atoms with Gasteiger partial charge in [0.15, 0.2) is 12.3 Å². The largest absolute Gasteiger partial charge is 0.463 e. The second kappa shape index (κ2) is 10.9. The van der Waals surface area contributed by atoms with Crippen molar-refractivity contribution in [2.75, 3.05) is 6.61 Å². The third-order valence-corrected chi connectivity index (χ3v) is 4.74. The number of aromatic nitrogens is 2. The molecule has 1 saturated heterocycles. The second-order valence-corrected chi connectivity index (χ2v) is 8.64. The van der Waals surface area contributed by atoms with E-state index in [1.165, 1.54) is 0 Å². The average Bonchev–Trinajstić information content (AvgIpc) is 2.94. The summed E-state index contributed by atoms with van der Waals surface area (Å²) in [5, 5.41) is 1.84. The highest BCUT2D eigenvalue weighted by molar-refractivity contribution is 6.30. The first-order valence-corrected chi connectivity index (χ1v) is 10.6. The van der Waals surface area contributed by atoms with Gasteiger partial charge in [-0.2, -0.15) is 4.39 Å². The van der Waals surface area contributed by atoms with Crippen LogP contribution in [0.15, 0.2) is 15.8 Å². The van der Waals surface area contributed by atoms with E-state index in [0.717, 1.165) is 0 Å². The number of hydrogen-bond donors (Lipinski definition) is 1. The van der Waals surface area contributed by atoms with Crippen molar-refractivity contribution in [3.8, 4) is 11.3 Å². The van der Waals surface area contributed by atoms with Gasteiger partial charge in [-0.15, -0.1) is 0 Å². The summed E-state index contributed by atoms with van der Waals surface area (Å²) < 4.78 is 46.5. The molecule has 1 aliphatic heterocycles. The molecule has 9 nitrogen and oxygen atoms in total. The van der Waals surface area contributed by atoms with Gasteiger partial charge >= 0.3 is 17.6 Å². The highest BCUT2D eigenvalue weighted by Gasteiger charge is 2.61. The highest BCUT2D eigenvalue weighted by atomic mass is 35.5. The van der Waals surface area contributed by atoms with E-state index in [4.69, 9.17) is 25.8 Å². The predicted molar refractivity (Wildman–Crippen MR) is 112 cm³/mol. The summed E-state index contributed by atoms with van der Waals surface area (Å²) in [6, 6.07) is 0. The Kier molecular flexibility index (Phi) is 8.80. The third-order valence-electron chi connectivity index (χ3n) is 4.65. The molecule has 182 valence electrons. The lowest BCUT2D eigenvalue weighted by Gasteiger charge is -2.27. The first-order chi connectivity index (χ1) is 15.4. The summed E-state index contributed by atoms with van der Waals surface area (Å²) in [4.78, 5) is 49.6. The fourth-order valence-corrected chi connectivity index (χ4v) is 3.38. The lowest BCUT2D eigenvalue weighted by Crippen LogP contribution is -2.47. The number of nitrogens with one attached hydrogen (secondary N) is 1. The van der Waals surface area contributed by atoms with Crippen molar-refractivity contribution in [3.05, 3.63) is 32.9 Å². The molecule has 12 heteroatoms. The molecule has 0 saturated carbocycles. The lowest BCUT2D eigenvalue weighted by molar-refractivity contribution is -0.161. The minimum Gasteiger partial charge on any atom is -0.463 e. The molecule has 33 heavy (non-hydrogen) atoms. The maximum absolute atomic E-state index is 16.2. The van der Waals surface area contributed by atoms with Gasteiger partial charge in [-0.3, -0.25) is 23.9 Å². The smallest absolute Gasteiger partial charge is 0.330 e. The number of carbonyl (C=O) groups is 2. The number of hydrogen-bond acceptors (Lipinski definition) is 7. The van der Waals surface area contributed by atoms with Crippen molar-refractivity contribution in [1.29, 1.82) is 0 Å². The first-order valence-electron chi connectivity index (χ1n) is 10.2. The van der Waals surface area contributed by atoms with E-state index in [-0.39, 0.29) is 24.7 Å². The number of carbonyl (C=O) groups excluding carboxylic acids is 2. The quantitative estimate of drug-likeness (QED) is 0.437. The Labute approximate surface area is 193 Å². The molecule has 0 aromatic carbocycles. The van der Waals surface area contributed by atoms with Crippen molar-refractivity contribution in [2.24, 2.45) is 11.8 Å². The van der Waals surface area contributed by atoms with E-state index < -0.39 is 59.7 Å². The molecule has 0 bridgehead atoms. The molecule has 0 unspecified atom stereocenters.